The van der Waals surface area contributed by atoms with Crippen molar-refractivity contribution in [3.63, 3.8) is 0 Å². The maximum Gasteiger partial charge on any atom is 0.331 e. The molecule has 4 amide bonds. The summed E-state index contributed by atoms with van der Waals surface area (Å²) in [7, 11) is 0. The van der Waals surface area contributed by atoms with Gasteiger partial charge in [-0.15, -0.1) is 0 Å². The highest BCUT2D eigenvalue weighted by Gasteiger charge is 2.35. The number of rotatable bonds is 10. The van der Waals surface area contributed by atoms with Crippen LogP contribution >= 0.6 is 0 Å². The fourth-order valence-corrected chi connectivity index (χ4v) is 3.26. The van der Waals surface area contributed by atoms with Crippen molar-refractivity contribution in [2.75, 3.05) is 19.8 Å². The number of ether oxygens (including phenoxy) is 3. The molecule has 3 rings (SSSR count). The first-order valence-electron chi connectivity index (χ1n) is 11.0. The number of hydrogen-bond acceptors (Lipinski definition) is 6. The van der Waals surface area contributed by atoms with E-state index in [9.17, 15) is 14.4 Å². The summed E-state index contributed by atoms with van der Waals surface area (Å²) in [5.74, 6) is 0.431. The van der Waals surface area contributed by atoms with E-state index in [-0.39, 0.29) is 12.1 Å². The maximum absolute atomic E-state index is 13.0. The molecule has 1 saturated heterocycles. The summed E-state index contributed by atoms with van der Waals surface area (Å²) in [5.41, 5.74) is 1.19. The lowest BCUT2D eigenvalue weighted by molar-refractivity contribution is -0.130. The Morgan fingerprint density at radius 2 is 1.61 bits per heavy atom. The minimum absolute atomic E-state index is 0.0211. The molecule has 1 heterocycles. The number of nitrogens with zero attached hydrogens (tertiary/aromatic N) is 1. The monoisotopic (exact) mass is 452 g/mol. The van der Waals surface area contributed by atoms with Gasteiger partial charge in [0.15, 0.2) is 11.5 Å². The Labute approximate surface area is 193 Å². The van der Waals surface area contributed by atoms with Gasteiger partial charge in [0, 0.05) is 0 Å². The smallest absolute Gasteiger partial charge is 0.331 e. The lowest BCUT2D eigenvalue weighted by Gasteiger charge is -2.26. The van der Waals surface area contributed by atoms with E-state index in [1.54, 1.807) is 42.5 Å². The molecule has 0 aliphatic carbocycles. The fraction of sp³-hybridized carbons (Fsp3) is 0.320. The molecule has 0 spiro atoms. The van der Waals surface area contributed by atoms with Crippen molar-refractivity contribution in [2.24, 2.45) is 0 Å². The molecule has 0 unspecified atom stereocenters. The van der Waals surface area contributed by atoms with Crippen LogP contribution in [0.3, 0.4) is 0 Å². The minimum Gasteiger partial charge on any atom is -0.494 e. The molecule has 1 N–H and O–H groups in total. The van der Waals surface area contributed by atoms with E-state index in [0.29, 0.717) is 48.2 Å². The normalized spacial score (nSPS) is 14.9. The first-order valence-corrected chi connectivity index (χ1v) is 11.0. The third kappa shape index (κ3) is 5.91. The topological polar surface area (TPSA) is 94.2 Å². The molecule has 2 aromatic carbocycles. The van der Waals surface area contributed by atoms with Crippen molar-refractivity contribution in [1.29, 1.82) is 0 Å². The Morgan fingerprint density at radius 1 is 0.879 bits per heavy atom. The zero-order chi connectivity index (χ0) is 23.8. The molecular weight excluding hydrogens is 424 g/mol. The Bertz CT molecular complexity index is 1050. The van der Waals surface area contributed by atoms with Crippen LogP contribution in [-0.2, 0) is 16.1 Å². The van der Waals surface area contributed by atoms with Crippen LogP contribution in [0.15, 0.2) is 48.0 Å². The molecule has 33 heavy (non-hydrogen) atoms. The summed E-state index contributed by atoms with van der Waals surface area (Å²) in [6, 6.07) is 11.5. The maximum atomic E-state index is 13.0. The number of hydrogen-bond donors (Lipinski definition) is 1. The highest BCUT2D eigenvalue weighted by Crippen LogP contribution is 2.30. The first kappa shape index (κ1) is 23.8. The lowest BCUT2D eigenvalue weighted by Crippen LogP contribution is -2.53. The second kappa shape index (κ2) is 11.2. The average molecular weight is 453 g/mol. The highest BCUT2D eigenvalue weighted by atomic mass is 16.5. The number of benzene rings is 2. The molecule has 174 valence electrons. The molecule has 8 heteroatoms. The van der Waals surface area contributed by atoms with Gasteiger partial charge in [-0.3, -0.25) is 19.8 Å². The fourth-order valence-electron chi connectivity index (χ4n) is 3.26. The van der Waals surface area contributed by atoms with Gasteiger partial charge in [0.05, 0.1) is 26.4 Å². The van der Waals surface area contributed by atoms with Crippen LogP contribution in [-0.4, -0.2) is 42.6 Å². The molecular formula is C25H28N2O6. The summed E-state index contributed by atoms with van der Waals surface area (Å²) >= 11 is 0. The summed E-state index contributed by atoms with van der Waals surface area (Å²) in [6.07, 6.45) is 2.31. The van der Waals surface area contributed by atoms with Crippen molar-refractivity contribution in [1.82, 2.24) is 10.2 Å². The largest absolute Gasteiger partial charge is 0.494 e. The van der Waals surface area contributed by atoms with Gasteiger partial charge < -0.3 is 14.2 Å². The summed E-state index contributed by atoms with van der Waals surface area (Å²) in [5, 5.41) is 2.24. The summed E-state index contributed by atoms with van der Waals surface area (Å²) in [6.45, 7) is 7.26. The number of urea groups is 1. The predicted octanol–water partition coefficient (Wildman–Crippen LogP) is 3.93. The van der Waals surface area contributed by atoms with Crippen molar-refractivity contribution in [2.45, 2.75) is 33.7 Å². The number of carbonyl (C=O) groups is 3. The van der Waals surface area contributed by atoms with Gasteiger partial charge in [0.25, 0.3) is 11.8 Å². The van der Waals surface area contributed by atoms with Crippen LogP contribution < -0.4 is 19.5 Å². The molecule has 0 aromatic heterocycles. The Hall–Kier alpha value is -3.81. The molecule has 0 radical (unpaired) electrons. The van der Waals surface area contributed by atoms with Crippen LogP contribution in [0.2, 0.25) is 0 Å². The van der Waals surface area contributed by atoms with E-state index in [1.807, 2.05) is 20.8 Å². The van der Waals surface area contributed by atoms with Crippen molar-refractivity contribution < 1.29 is 28.6 Å². The van der Waals surface area contributed by atoms with Gasteiger partial charge in [-0.1, -0.05) is 25.1 Å². The Morgan fingerprint density at radius 3 is 2.27 bits per heavy atom. The minimum atomic E-state index is -0.766. The molecule has 0 bridgehead atoms. The second-order valence-corrected chi connectivity index (χ2v) is 7.27. The average Bonchev–Trinajstić information content (AvgIpc) is 2.80. The highest BCUT2D eigenvalue weighted by molar-refractivity contribution is 6.30. The molecule has 8 nitrogen and oxygen atoms in total. The van der Waals surface area contributed by atoms with Crippen molar-refractivity contribution >= 4 is 23.9 Å². The van der Waals surface area contributed by atoms with E-state index in [1.165, 1.54) is 6.08 Å². The standard InChI is InChI=1S/C25H28N2O6/c1-4-13-33-21-12-9-18(15-22(21)32-6-3)16-27-24(29)20(23(28)26-25(27)30)14-17-7-10-19(11-8-17)31-5-2/h7-12,14-15H,4-6,13,16H2,1-3H3,(H,26,28,30)/b20-14+. The van der Waals surface area contributed by atoms with Crippen LogP contribution in [0.4, 0.5) is 4.79 Å². The lowest BCUT2D eigenvalue weighted by atomic mass is 10.1. The van der Waals surface area contributed by atoms with E-state index in [4.69, 9.17) is 14.2 Å². The van der Waals surface area contributed by atoms with E-state index >= 15 is 0 Å². The zero-order valence-corrected chi connectivity index (χ0v) is 19.1. The second-order valence-electron chi connectivity index (χ2n) is 7.27. The Kier molecular flexibility index (Phi) is 8.07. The van der Waals surface area contributed by atoms with Crippen molar-refractivity contribution in [3.05, 3.63) is 59.2 Å². The summed E-state index contributed by atoms with van der Waals surface area (Å²) < 4.78 is 16.8. The SMILES string of the molecule is CCCOc1ccc(CN2C(=O)NC(=O)/C(=C\c3ccc(OCC)cc3)C2=O)cc1OCC. The van der Waals surface area contributed by atoms with Gasteiger partial charge in [0.1, 0.15) is 11.3 Å². The van der Waals surface area contributed by atoms with E-state index in [0.717, 1.165) is 11.3 Å². The number of barbiturate groups is 1. The van der Waals surface area contributed by atoms with E-state index in [2.05, 4.69) is 5.32 Å². The van der Waals surface area contributed by atoms with E-state index < -0.39 is 17.8 Å². The van der Waals surface area contributed by atoms with Gasteiger partial charge in [-0.2, -0.15) is 0 Å². The van der Waals surface area contributed by atoms with Gasteiger partial charge >= 0.3 is 6.03 Å². The Balaban J connectivity index is 1.82. The first-order chi connectivity index (χ1) is 16.0. The summed E-state index contributed by atoms with van der Waals surface area (Å²) in [4.78, 5) is 38.8. The quantitative estimate of drug-likeness (QED) is 0.434. The van der Waals surface area contributed by atoms with Crippen LogP contribution in [0.25, 0.3) is 6.08 Å². The van der Waals surface area contributed by atoms with Crippen LogP contribution in [0, 0.1) is 0 Å². The number of imide groups is 2. The molecule has 0 saturated carbocycles. The molecule has 0 atom stereocenters. The van der Waals surface area contributed by atoms with Gasteiger partial charge in [-0.25, -0.2) is 4.79 Å². The van der Waals surface area contributed by atoms with Gasteiger partial charge in [-0.05, 0) is 61.7 Å². The van der Waals surface area contributed by atoms with Crippen molar-refractivity contribution in [3.8, 4) is 17.2 Å². The predicted molar refractivity (Wildman–Crippen MR) is 123 cm³/mol. The number of amides is 4. The number of nitrogens with one attached hydrogen (secondary N) is 1. The zero-order valence-electron chi connectivity index (χ0n) is 19.1. The molecule has 1 fully saturated rings. The molecule has 1 aliphatic heterocycles. The molecule has 1 aliphatic rings. The molecule has 2 aromatic rings. The number of carbonyl (C=O) groups excluding carboxylic acids is 3. The third-order valence-corrected chi connectivity index (χ3v) is 4.80. The van der Waals surface area contributed by atoms with Crippen LogP contribution in [0.1, 0.15) is 38.3 Å². The van der Waals surface area contributed by atoms with Crippen LogP contribution in [0.5, 0.6) is 17.2 Å². The third-order valence-electron chi connectivity index (χ3n) is 4.80. The van der Waals surface area contributed by atoms with Gasteiger partial charge in [0.2, 0.25) is 0 Å².